The topological polar surface area (TPSA) is 47.0 Å². The van der Waals surface area contributed by atoms with E-state index in [9.17, 15) is 0 Å². The maximum absolute atomic E-state index is 5.60. The molecular weight excluding hydrogens is 234 g/mol. The molecule has 0 amide bonds. The number of aromatic nitrogens is 2. The average Bonchev–Trinajstić information content (AvgIpc) is 2.94. The first-order chi connectivity index (χ1) is 8.25. The normalized spacial score (nSPS) is 20.3. The zero-order chi connectivity index (χ0) is 12.1. The molecule has 0 saturated carbocycles. The van der Waals surface area contributed by atoms with Crippen LogP contribution >= 0.6 is 11.3 Å². The number of ether oxygens (including phenoxy) is 1. The summed E-state index contributed by atoms with van der Waals surface area (Å²) in [6.07, 6.45) is 4.61. The molecule has 2 rings (SSSR count). The van der Waals surface area contributed by atoms with Crippen LogP contribution in [0.1, 0.15) is 49.2 Å². The van der Waals surface area contributed by atoms with Crippen molar-refractivity contribution in [3.63, 3.8) is 0 Å². The molecule has 0 aromatic carbocycles. The average molecular weight is 255 g/mol. The second-order valence-electron chi connectivity index (χ2n) is 4.75. The molecule has 1 aromatic rings. The highest BCUT2D eigenvalue weighted by molar-refractivity contribution is 7.11. The molecule has 1 saturated heterocycles. The van der Waals surface area contributed by atoms with Gasteiger partial charge in [0.05, 0.1) is 0 Å². The van der Waals surface area contributed by atoms with E-state index in [4.69, 9.17) is 4.74 Å². The van der Waals surface area contributed by atoms with Crippen LogP contribution in [-0.2, 0) is 11.2 Å². The Balaban J connectivity index is 1.74. The van der Waals surface area contributed by atoms with Gasteiger partial charge in [0.15, 0.2) is 0 Å². The highest BCUT2D eigenvalue weighted by Gasteiger charge is 2.21. The van der Waals surface area contributed by atoms with Gasteiger partial charge >= 0.3 is 0 Å². The van der Waals surface area contributed by atoms with E-state index in [0.717, 1.165) is 48.9 Å². The molecule has 17 heavy (non-hydrogen) atoms. The van der Waals surface area contributed by atoms with Crippen molar-refractivity contribution >= 4 is 11.3 Å². The van der Waals surface area contributed by atoms with E-state index >= 15 is 0 Å². The molecule has 1 aliphatic rings. The highest BCUT2D eigenvalue weighted by Crippen LogP contribution is 2.30. The van der Waals surface area contributed by atoms with Crippen molar-refractivity contribution in [3.05, 3.63) is 10.0 Å². The number of rotatable bonds is 6. The van der Waals surface area contributed by atoms with Crippen LogP contribution in [0.25, 0.3) is 0 Å². The van der Waals surface area contributed by atoms with Crippen LogP contribution in [0.5, 0.6) is 0 Å². The first-order valence-corrected chi connectivity index (χ1v) is 7.24. The lowest BCUT2D eigenvalue weighted by Gasteiger charge is -2.06. The Morgan fingerprint density at radius 2 is 2.35 bits per heavy atom. The van der Waals surface area contributed by atoms with Crippen molar-refractivity contribution in [2.24, 2.45) is 0 Å². The van der Waals surface area contributed by atoms with E-state index in [-0.39, 0.29) is 6.10 Å². The Bertz CT molecular complexity index is 334. The summed E-state index contributed by atoms with van der Waals surface area (Å²) >= 11 is 1.71. The number of nitrogens with one attached hydrogen (secondary N) is 1. The first-order valence-electron chi connectivity index (χ1n) is 6.43. The maximum atomic E-state index is 5.60. The standard InChI is InChI=1S/C12H21N3OS/c1-9(2)13-7-3-6-11-14-15-12(17-11)10-5-4-8-16-10/h9-10,13H,3-8H2,1-2H3. The minimum atomic E-state index is 0.218. The van der Waals surface area contributed by atoms with Crippen LogP contribution < -0.4 is 5.32 Å². The molecule has 1 aromatic heterocycles. The summed E-state index contributed by atoms with van der Waals surface area (Å²) in [6, 6.07) is 0.562. The van der Waals surface area contributed by atoms with Crippen molar-refractivity contribution in [1.29, 1.82) is 0 Å². The van der Waals surface area contributed by atoms with E-state index in [1.54, 1.807) is 11.3 Å². The van der Waals surface area contributed by atoms with Gasteiger partial charge in [0, 0.05) is 19.1 Å². The summed E-state index contributed by atoms with van der Waals surface area (Å²) < 4.78 is 5.60. The zero-order valence-electron chi connectivity index (χ0n) is 10.6. The molecular formula is C12H21N3OS. The fourth-order valence-corrected chi connectivity index (χ4v) is 2.87. The van der Waals surface area contributed by atoms with E-state index in [0.29, 0.717) is 6.04 Å². The van der Waals surface area contributed by atoms with Crippen molar-refractivity contribution in [1.82, 2.24) is 15.5 Å². The SMILES string of the molecule is CC(C)NCCCc1nnc(C2CCCO2)s1. The van der Waals surface area contributed by atoms with Crippen molar-refractivity contribution in [2.45, 2.75) is 51.7 Å². The van der Waals surface area contributed by atoms with E-state index < -0.39 is 0 Å². The number of nitrogens with zero attached hydrogens (tertiary/aromatic N) is 2. The van der Waals surface area contributed by atoms with Gasteiger partial charge in [-0.3, -0.25) is 0 Å². The lowest BCUT2D eigenvalue weighted by molar-refractivity contribution is 0.111. The lowest BCUT2D eigenvalue weighted by atomic mass is 10.2. The predicted molar refractivity (Wildman–Crippen MR) is 69.3 cm³/mol. The summed E-state index contributed by atoms with van der Waals surface area (Å²) in [6.45, 7) is 6.26. The molecule has 1 fully saturated rings. The van der Waals surface area contributed by atoms with Crippen LogP contribution in [0, 0.1) is 0 Å². The number of aryl methyl sites for hydroxylation is 1. The van der Waals surface area contributed by atoms with Crippen molar-refractivity contribution < 1.29 is 4.74 Å². The van der Waals surface area contributed by atoms with E-state index in [1.807, 2.05) is 0 Å². The predicted octanol–water partition coefficient (Wildman–Crippen LogP) is 2.32. The second-order valence-corrected chi connectivity index (χ2v) is 5.84. The molecule has 1 aliphatic heterocycles. The monoisotopic (exact) mass is 255 g/mol. The fourth-order valence-electron chi connectivity index (χ4n) is 1.90. The van der Waals surface area contributed by atoms with Gasteiger partial charge < -0.3 is 10.1 Å². The van der Waals surface area contributed by atoms with Gasteiger partial charge in [-0.1, -0.05) is 25.2 Å². The molecule has 1 atom stereocenters. The van der Waals surface area contributed by atoms with Crippen molar-refractivity contribution in [3.8, 4) is 0 Å². The third-order valence-corrected chi connectivity index (χ3v) is 3.88. The third-order valence-electron chi connectivity index (χ3n) is 2.81. The van der Waals surface area contributed by atoms with Gasteiger partial charge in [0.1, 0.15) is 16.1 Å². The van der Waals surface area contributed by atoms with Gasteiger partial charge in [-0.15, -0.1) is 10.2 Å². The van der Waals surface area contributed by atoms with Gasteiger partial charge in [0.2, 0.25) is 0 Å². The Morgan fingerprint density at radius 3 is 3.06 bits per heavy atom. The Hall–Kier alpha value is -0.520. The molecule has 0 spiro atoms. The molecule has 5 heteroatoms. The van der Waals surface area contributed by atoms with E-state index in [1.165, 1.54) is 0 Å². The zero-order valence-corrected chi connectivity index (χ0v) is 11.4. The molecule has 4 nitrogen and oxygen atoms in total. The first kappa shape index (κ1) is 12.9. The lowest BCUT2D eigenvalue weighted by Crippen LogP contribution is -2.23. The van der Waals surface area contributed by atoms with Crippen LogP contribution in [0.4, 0.5) is 0 Å². The van der Waals surface area contributed by atoms with E-state index in [2.05, 4.69) is 29.4 Å². The molecule has 96 valence electrons. The number of hydrogen-bond acceptors (Lipinski definition) is 5. The van der Waals surface area contributed by atoms with Crippen LogP contribution in [0.15, 0.2) is 0 Å². The second kappa shape index (κ2) is 6.42. The molecule has 0 radical (unpaired) electrons. The smallest absolute Gasteiger partial charge is 0.146 e. The summed E-state index contributed by atoms with van der Waals surface area (Å²) in [7, 11) is 0. The van der Waals surface area contributed by atoms with Crippen molar-refractivity contribution in [2.75, 3.05) is 13.2 Å². The Kier molecular flexibility index (Phi) is 4.88. The summed E-state index contributed by atoms with van der Waals surface area (Å²) in [4.78, 5) is 0. The van der Waals surface area contributed by atoms with Crippen LogP contribution in [0.3, 0.4) is 0 Å². The minimum absolute atomic E-state index is 0.218. The minimum Gasteiger partial charge on any atom is -0.371 e. The van der Waals surface area contributed by atoms with Gasteiger partial charge in [-0.25, -0.2) is 0 Å². The molecule has 2 heterocycles. The highest BCUT2D eigenvalue weighted by atomic mass is 32.1. The maximum Gasteiger partial charge on any atom is 0.146 e. The van der Waals surface area contributed by atoms with Crippen LogP contribution in [-0.4, -0.2) is 29.4 Å². The van der Waals surface area contributed by atoms with Gasteiger partial charge in [-0.05, 0) is 25.8 Å². The quantitative estimate of drug-likeness (QED) is 0.792. The molecule has 0 bridgehead atoms. The number of hydrogen-bond donors (Lipinski definition) is 1. The summed E-state index contributed by atoms with van der Waals surface area (Å²) in [5, 5.41) is 14.1. The van der Waals surface area contributed by atoms with Crippen LogP contribution in [0.2, 0.25) is 0 Å². The van der Waals surface area contributed by atoms with Gasteiger partial charge in [0.25, 0.3) is 0 Å². The molecule has 0 aliphatic carbocycles. The Labute approximate surface area is 107 Å². The summed E-state index contributed by atoms with van der Waals surface area (Å²) in [5.41, 5.74) is 0. The fraction of sp³-hybridized carbons (Fsp3) is 0.833. The van der Waals surface area contributed by atoms with Gasteiger partial charge in [-0.2, -0.15) is 0 Å². The molecule has 1 unspecified atom stereocenters. The Morgan fingerprint density at radius 1 is 1.47 bits per heavy atom. The molecule has 1 N–H and O–H groups in total. The third kappa shape index (κ3) is 4.01. The largest absolute Gasteiger partial charge is 0.371 e. The summed E-state index contributed by atoms with van der Waals surface area (Å²) in [5.74, 6) is 0.